The van der Waals surface area contributed by atoms with Crippen molar-refractivity contribution < 1.29 is 29.5 Å². The number of aliphatic hydroxyl groups is 3. The van der Waals surface area contributed by atoms with Gasteiger partial charge in [0.25, 0.3) is 0 Å². The molecule has 0 radical (unpaired) electrons. The number of hydrogen-bond donors (Lipinski definition) is 3. The Labute approximate surface area is 130 Å². The first kappa shape index (κ1) is 17.4. The Hall–Kier alpha value is -0.990. The van der Waals surface area contributed by atoms with Gasteiger partial charge in [0.1, 0.15) is 18.8 Å². The van der Waals surface area contributed by atoms with Crippen molar-refractivity contribution in [1.82, 2.24) is 0 Å². The van der Waals surface area contributed by atoms with E-state index in [-0.39, 0.29) is 13.2 Å². The van der Waals surface area contributed by atoms with Crippen LogP contribution in [0.1, 0.15) is 27.2 Å². The van der Waals surface area contributed by atoms with E-state index in [0.717, 1.165) is 0 Å². The maximum atomic E-state index is 12.4. The van der Waals surface area contributed by atoms with Crippen LogP contribution in [-0.4, -0.2) is 69.5 Å². The number of hydroxylamine groups is 3. The third-order valence-electron chi connectivity index (χ3n) is 4.93. The van der Waals surface area contributed by atoms with Gasteiger partial charge in [-0.25, -0.2) is 4.79 Å². The minimum atomic E-state index is -1.99. The van der Waals surface area contributed by atoms with Gasteiger partial charge in [0.2, 0.25) is 0 Å². The fourth-order valence-electron chi connectivity index (χ4n) is 3.41. The van der Waals surface area contributed by atoms with Crippen molar-refractivity contribution in [3.63, 3.8) is 0 Å². The average Bonchev–Trinajstić information content (AvgIpc) is 2.92. The molecule has 0 amide bonds. The molecule has 0 aromatic heterocycles. The number of hydrogen-bond acceptors (Lipinski definition) is 6. The van der Waals surface area contributed by atoms with Gasteiger partial charge in [-0.2, -0.15) is 0 Å². The molecule has 0 aliphatic carbocycles. The van der Waals surface area contributed by atoms with Crippen LogP contribution in [0.15, 0.2) is 11.6 Å². The molecular formula is C15H25NO6. The van der Waals surface area contributed by atoms with Gasteiger partial charge in [-0.05, 0) is 18.9 Å². The average molecular weight is 315 g/mol. The summed E-state index contributed by atoms with van der Waals surface area (Å²) in [7, 11) is 0. The topological polar surface area (TPSA) is 110 Å². The van der Waals surface area contributed by atoms with E-state index in [0.29, 0.717) is 18.5 Å². The third kappa shape index (κ3) is 2.68. The lowest BCUT2D eigenvalue weighted by atomic mass is 9.85. The number of carbonyl (C=O) groups excluding carboxylic acids is 1. The van der Waals surface area contributed by atoms with Crippen LogP contribution in [0, 0.1) is 11.1 Å². The molecule has 0 spiro atoms. The Balaban J connectivity index is 2.03. The van der Waals surface area contributed by atoms with Crippen molar-refractivity contribution in [2.24, 2.45) is 5.92 Å². The Bertz CT molecular complexity index is 467. The van der Waals surface area contributed by atoms with Gasteiger partial charge in [-0.1, -0.05) is 13.8 Å². The second-order valence-electron chi connectivity index (χ2n) is 6.67. The van der Waals surface area contributed by atoms with Gasteiger partial charge < -0.3 is 29.9 Å². The monoisotopic (exact) mass is 315 g/mol. The van der Waals surface area contributed by atoms with Crippen LogP contribution in [0.5, 0.6) is 0 Å². The Morgan fingerprint density at radius 2 is 2.18 bits per heavy atom. The zero-order valence-electron chi connectivity index (χ0n) is 13.2. The highest BCUT2D eigenvalue weighted by molar-refractivity contribution is 5.80. The summed E-state index contributed by atoms with van der Waals surface area (Å²) < 4.78 is 4.64. The highest BCUT2D eigenvalue weighted by Gasteiger charge is 2.49. The Morgan fingerprint density at radius 3 is 2.73 bits per heavy atom. The standard InChI is InChI=1S/C15H25NO6/c1-9(2)15(20,10(3)17)14(19)22-8-11-4-6-16(21)7-5-12(18)13(11)16/h4,9-10,12-13,17-18,20H,5-8H2,1-3H3/t10?,12-,13+,15?,16?/m0/s1. The summed E-state index contributed by atoms with van der Waals surface area (Å²) in [4.78, 5) is 12.2. The van der Waals surface area contributed by atoms with E-state index in [9.17, 15) is 25.3 Å². The van der Waals surface area contributed by atoms with Crippen LogP contribution in [0.4, 0.5) is 0 Å². The molecule has 0 aromatic carbocycles. The van der Waals surface area contributed by atoms with E-state index >= 15 is 0 Å². The fourth-order valence-corrected chi connectivity index (χ4v) is 3.41. The summed E-state index contributed by atoms with van der Waals surface area (Å²) in [6.07, 6.45) is 0.127. The first-order chi connectivity index (χ1) is 10.1. The van der Waals surface area contributed by atoms with Gasteiger partial charge in [0.15, 0.2) is 5.60 Å². The SMILES string of the molecule is CC(C)C(O)(C(=O)OCC1=CC[N+]2([O-])CC[C@H](O)[C@@H]12)C(C)O. The lowest BCUT2D eigenvalue weighted by molar-refractivity contribution is -0.877. The summed E-state index contributed by atoms with van der Waals surface area (Å²) >= 11 is 0. The molecule has 0 bridgehead atoms. The van der Waals surface area contributed by atoms with Crippen molar-refractivity contribution in [3.8, 4) is 0 Å². The van der Waals surface area contributed by atoms with Crippen molar-refractivity contribution in [2.75, 3.05) is 19.7 Å². The van der Waals surface area contributed by atoms with E-state index in [1.165, 1.54) is 6.92 Å². The van der Waals surface area contributed by atoms with E-state index in [1.54, 1.807) is 19.9 Å². The predicted molar refractivity (Wildman–Crippen MR) is 78.3 cm³/mol. The Morgan fingerprint density at radius 1 is 1.55 bits per heavy atom. The van der Waals surface area contributed by atoms with Crippen LogP contribution in [-0.2, 0) is 9.53 Å². The molecule has 2 aliphatic rings. The molecule has 5 atom stereocenters. The predicted octanol–water partition coefficient (Wildman–Crippen LogP) is -0.315. The number of nitrogens with zero attached hydrogens (tertiary/aromatic N) is 1. The summed E-state index contributed by atoms with van der Waals surface area (Å²) in [5.41, 5.74) is -1.40. The van der Waals surface area contributed by atoms with Crippen LogP contribution in [0.25, 0.3) is 0 Å². The van der Waals surface area contributed by atoms with E-state index in [4.69, 9.17) is 4.74 Å². The number of esters is 1. The largest absolute Gasteiger partial charge is 0.632 e. The molecule has 0 aromatic rings. The molecule has 2 heterocycles. The van der Waals surface area contributed by atoms with Crippen LogP contribution in [0.2, 0.25) is 0 Å². The highest BCUT2D eigenvalue weighted by atomic mass is 16.6. The van der Waals surface area contributed by atoms with Gasteiger partial charge >= 0.3 is 5.97 Å². The Kier molecular flexibility index (Phi) is 4.66. The smallest absolute Gasteiger partial charge is 0.341 e. The summed E-state index contributed by atoms with van der Waals surface area (Å²) in [6, 6.07) is -0.591. The molecule has 126 valence electrons. The fraction of sp³-hybridized carbons (Fsp3) is 0.800. The quantitative estimate of drug-likeness (QED) is 0.278. The number of ether oxygens (including phenoxy) is 1. The van der Waals surface area contributed by atoms with Gasteiger partial charge in [0.05, 0.1) is 19.2 Å². The first-order valence-corrected chi connectivity index (χ1v) is 7.65. The molecule has 1 fully saturated rings. The maximum Gasteiger partial charge on any atom is 0.341 e. The van der Waals surface area contributed by atoms with Crippen molar-refractivity contribution >= 4 is 5.97 Å². The molecule has 2 rings (SSSR count). The minimum absolute atomic E-state index is 0.148. The normalized spacial score (nSPS) is 35.0. The van der Waals surface area contributed by atoms with Gasteiger partial charge in [-0.3, -0.25) is 0 Å². The molecule has 22 heavy (non-hydrogen) atoms. The van der Waals surface area contributed by atoms with Gasteiger partial charge in [0, 0.05) is 12.0 Å². The molecule has 7 nitrogen and oxygen atoms in total. The molecular weight excluding hydrogens is 290 g/mol. The number of quaternary nitrogens is 1. The van der Waals surface area contributed by atoms with Crippen molar-refractivity contribution in [2.45, 2.75) is 51.0 Å². The zero-order valence-corrected chi connectivity index (χ0v) is 13.2. The number of carbonyl (C=O) groups is 1. The molecule has 1 saturated heterocycles. The highest BCUT2D eigenvalue weighted by Crippen LogP contribution is 2.36. The molecule has 2 aliphatic heterocycles. The second kappa shape index (κ2) is 5.90. The molecule has 3 N–H and O–H groups in total. The van der Waals surface area contributed by atoms with Crippen molar-refractivity contribution in [1.29, 1.82) is 0 Å². The maximum absolute atomic E-state index is 12.4. The zero-order chi connectivity index (χ0) is 16.7. The number of aliphatic hydroxyl groups excluding tert-OH is 2. The summed E-state index contributed by atoms with van der Waals surface area (Å²) in [5.74, 6) is -1.44. The van der Waals surface area contributed by atoms with Crippen LogP contribution >= 0.6 is 0 Å². The minimum Gasteiger partial charge on any atom is -0.632 e. The van der Waals surface area contributed by atoms with Crippen LogP contribution < -0.4 is 0 Å². The van der Waals surface area contributed by atoms with E-state index in [1.807, 2.05) is 0 Å². The number of rotatable bonds is 5. The summed E-state index contributed by atoms with van der Waals surface area (Å²) in [5, 5.41) is 42.4. The van der Waals surface area contributed by atoms with E-state index < -0.39 is 40.4 Å². The van der Waals surface area contributed by atoms with Crippen molar-refractivity contribution in [3.05, 3.63) is 16.9 Å². The van der Waals surface area contributed by atoms with Crippen LogP contribution in [0.3, 0.4) is 0 Å². The lowest BCUT2D eigenvalue weighted by Gasteiger charge is -2.40. The molecule has 3 unspecified atom stereocenters. The second-order valence-corrected chi connectivity index (χ2v) is 6.67. The molecule has 0 saturated carbocycles. The summed E-state index contributed by atoms with van der Waals surface area (Å²) in [6.45, 7) is 5.02. The van der Waals surface area contributed by atoms with Gasteiger partial charge in [-0.15, -0.1) is 0 Å². The first-order valence-electron chi connectivity index (χ1n) is 7.65. The third-order valence-corrected chi connectivity index (χ3v) is 4.93. The van der Waals surface area contributed by atoms with E-state index in [2.05, 4.69) is 0 Å². The molecule has 7 heteroatoms. The lowest BCUT2D eigenvalue weighted by Crippen LogP contribution is -2.53. The number of fused-ring (bicyclic) bond motifs is 1.